The molecule has 2 heterocycles. The summed E-state index contributed by atoms with van der Waals surface area (Å²) in [6, 6.07) is 12.0. The normalized spacial score (nSPS) is 21.2. The van der Waals surface area contributed by atoms with E-state index in [2.05, 4.69) is 44.9 Å². The standard InChI is InChI=1S/C24H25N3O4S/c1-15-13-24(2,3)25(4)20-10-7-17(11-19(15)20)12-21-22(28)26(23(29)32-21)14-16-5-8-18(9-6-16)27(30)31/h5-12,15H,13-14H2,1-4H3/b21-12-/t15-/m1/s1. The van der Waals surface area contributed by atoms with E-state index in [4.69, 9.17) is 0 Å². The molecule has 0 radical (unpaired) electrons. The Bertz CT molecular complexity index is 1140. The number of carbonyl (C=O) groups is 2. The van der Waals surface area contributed by atoms with Crippen molar-refractivity contribution < 1.29 is 14.5 Å². The van der Waals surface area contributed by atoms with Crippen LogP contribution in [0.1, 0.15) is 49.8 Å². The fraction of sp³-hybridized carbons (Fsp3) is 0.333. The fourth-order valence-electron chi connectivity index (χ4n) is 4.38. The Morgan fingerprint density at radius 2 is 1.88 bits per heavy atom. The maximum Gasteiger partial charge on any atom is 0.293 e. The lowest BCUT2D eigenvalue weighted by Gasteiger charge is -2.45. The molecule has 0 aromatic heterocycles. The molecule has 0 saturated carbocycles. The molecule has 4 rings (SSSR count). The van der Waals surface area contributed by atoms with E-state index in [1.54, 1.807) is 18.2 Å². The Morgan fingerprint density at radius 1 is 1.19 bits per heavy atom. The number of nitrogens with zero attached hydrogens (tertiary/aromatic N) is 3. The lowest BCUT2D eigenvalue weighted by Crippen LogP contribution is -2.45. The van der Waals surface area contributed by atoms with Gasteiger partial charge in [-0.1, -0.05) is 25.1 Å². The average molecular weight is 452 g/mol. The van der Waals surface area contributed by atoms with E-state index in [1.165, 1.54) is 28.3 Å². The first-order valence-corrected chi connectivity index (χ1v) is 11.2. The zero-order valence-corrected chi connectivity index (χ0v) is 19.3. The third kappa shape index (κ3) is 4.02. The SMILES string of the molecule is C[C@@H]1CC(C)(C)N(C)c2ccc(/C=C3\SC(=O)N(Cc4ccc([N+](=O)[O-])cc4)C3=O)cc21. The van der Waals surface area contributed by atoms with E-state index >= 15 is 0 Å². The molecule has 0 N–H and O–H groups in total. The van der Waals surface area contributed by atoms with Crippen molar-refractivity contribution in [3.8, 4) is 0 Å². The maximum atomic E-state index is 12.9. The highest BCUT2D eigenvalue weighted by molar-refractivity contribution is 8.18. The molecule has 2 aromatic carbocycles. The molecule has 7 nitrogen and oxygen atoms in total. The van der Waals surface area contributed by atoms with E-state index < -0.39 is 4.92 Å². The molecule has 166 valence electrons. The second-order valence-electron chi connectivity index (χ2n) is 8.99. The van der Waals surface area contributed by atoms with Crippen LogP contribution in [0.2, 0.25) is 0 Å². The fourth-order valence-corrected chi connectivity index (χ4v) is 5.22. The summed E-state index contributed by atoms with van der Waals surface area (Å²) >= 11 is 0.922. The number of benzene rings is 2. The predicted octanol–water partition coefficient (Wildman–Crippen LogP) is 5.55. The first-order chi connectivity index (χ1) is 15.1. The number of carbonyl (C=O) groups excluding carboxylic acids is 2. The van der Waals surface area contributed by atoms with Crippen LogP contribution < -0.4 is 4.90 Å². The number of nitro groups is 1. The van der Waals surface area contributed by atoms with E-state index in [0.717, 1.165) is 23.7 Å². The highest BCUT2D eigenvalue weighted by Gasteiger charge is 2.36. The van der Waals surface area contributed by atoms with Gasteiger partial charge in [0.2, 0.25) is 0 Å². The van der Waals surface area contributed by atoms with Crippen molar-refractivity contribution in [2.45, 2.75) is 45.2 Å². The molecule has 2 aliphatic rings. The van der Waals surface area contributed by atoms with Gasteiger partial charge in [-0.15, -0.1) is 0 Å². The summed E-state index contributed by atoms with van der Waals surface area (Å²) in [4.78, 5) is 39.5. The van der Waals surface area contributed by atoms with Crippen LogP contribution in [0.25, 0.3) is 6.08 Å². The van der Waals surface area contributed by atoms with Crippen molar-refractivity contribution in [2.24, 2.45) is 0 Å². The maximum absolute atomic E-state index is 12.9. The summed E-state index contributed by atoms with van der Waals surface area (Å²) in [7, 11) is 2.11. The molecule has 1 saturated heterocycles. The largest absolute Gasteiger partial charge is 0.369 e. The first kappa shape index (κ1) is 22.1. The van der Waals surface area contributed by atoms with Gasteiger partial charge in [0, 0.05) is 30.4 Å². The zero-order chi connectivity index (χ0) is 23.2. The molecule has 0 spiro atoms. The van der Waals surface area contributed by atoms with Gasteiger partial charge >= 0.3 is 0 Å². The summed E-state index contributed by atoms with van der Waals surface area (Å²) in [6.07, 6.45) is 2.80. The van der Waals surface area contributed by atoms with Gasteiger partial charge in [-0.25, -0.2) is 0 Å². The number of fused-ring (bicyclic) bond motifs is 1. The lowest BCUT2D eigenvalue weighted by molar-refractivity contribution is -0.384. The Balaban J connectivity index is 1.55. The molecule has 1 fully saturated rings. The van der Waals surface area contributed by atoms with Crippen LogP contribution in [0.15, 0.2) is 47.4 Å². The molecule has 2 aromatic rings. The van der Waals surface area contributed by atoms with Crippen molar-refractivity contribution >= 4 is 40.4 Å². The van der Waals surface area contributed by atoms with Crippen molar-refractivity contribution in [3.63, 3.8) is 0 Å². The first-order valence-electron chi connectivity index (χ1n) is 10.4. The molecule has 2 amide bonds. The van der Waals surface area contributed by atoms with Crippen LogP contribution in [0, 0.1) is 10.1 Å². The van der Waals surface area contributed by atoms with Crippen LogP contribution >= 0.6 is 11.8 Å². The Labute approximate surface area is 191 Å². The second-order valence-corrected chi connectivity index (χ2v) is 9.98. The van der Waals surface area contributed by atoms with Crippen LogP contribution in [0.4, 0.5) is 16.2 Å². The number of hydrogen-bond acceptors (Lipinski definition) is 6. The summed E-state index contributed by atoms with van der Waals surface area (Å²) < 4.78 is 0. The molecule has 2 aliphatic heterocycles. The molecule has 1 atom stereocenters. The number of anilines is 1. The van der Waals surface area contributed by atoms with Gasteiger partial charge in [0.25, 0.3) is 16.8 Å². The monoisotopic (exact) mass is 451 g/mol. The van der Waals surface area contributed by atoms with Gasteiger partial charge < -0.3 is 4.90 Å². The highest BCUT2D eigenvalue weighted by Crippen LogP contribution is 2.43. The van der Waals surface area contributed by atoms with Crippen molar-refractivity contribution in [2.75, 3.05) is 11.9 Å². The second kappa shape index (κ2) is 8.09. The molecular formula is C24H25N3O4S. The van der Waals surface area contributed by atoms with Crippen LogP contribution in [0.5, 0.6) is 0 Å². The third-order valence-electron chi connectivity index (χ3n) is 6.32. The number of rotatable bonds is 4. The summed E-state index contributed by atoms with van der Waals surface area (Å²) in [5.41, 5.74) is 4.03. The van der Waals surface area contributed by atoms with Gasteiger partial charge in [-0.2, -0.15) is 0 Å². The third-order valence-corrected chi connectivity index (χ3v) is 7.22. The molecule has 8 heteroatoms. The number of imide groups is 1. The van der Waals surface area contributed by atoms with Crippen LogP contribution in [-0.2, 0) is 11.3 Å². The van der Waals surface area contributed by atoms with E-state index in [1.807, 2.05) is 6.07 Å². The topological polar surface area (TPSA) is 83.8 Å². The van der Waals surface area contributed by atoms with Crippen molar-refractivity contribution in [3.05, 3.63) is 74.2 Å². The number of nitro benzene ring substituents is 1. The van der Waals surface area contributed by atoms with Gasteiger partial charge in [0.15, 0.2) is 0 Å². The quantitative estimate of drug-likeness (QED) is 0.344. The molecular weight excluding hydrogens is 426 g/mol. The molecule has 0 aliphatic carbocycles. The average Bonchev–Trinajstić information content (AvgIpc) is 2.99. The van der Waals surface area contributed by atoms with Gasteiger partial charge in [-0.05, 0) is 72.8 Å². The smallest absolute Gasteiger partial charge is 0.293 e. The highest BCUT2D eigenvalue weighted by atomic mass is 32.2. The van der Waals surface area contributed by atoms with E-state index in [-0.39, 0.29) is 28.9 Å². The van der Waals surface area contributed by atoms with Crippen molar-refractivity contribution in [1.29, 1.82) is 0 Å². The number of amides is 2. The molecule has 0 unspecified atom stereocenters. The minimum Gasteiger partial charge on any atom is -0.369 e. The lowest BCUT2D eigenvalue weighted by atomic mass is 9.80. The van der Waals surface area contributed by atoms with Crippen molar-refractivity contribution in [1.82, 2.24) is 4.90 Å². The van der Waals surface area contributed by atoms with E-state index in [0.29, 0.717) is 16.4 Å². The minimum absolute atomic E-state index is 0.0292. The molecule has 32 heavy (non-hydrogen) atoms. The number of non-ortho nitro benzene ring substituents is 1. The Hall–Kier alpha value is -3.13. The Kier molecular flexibility index (Phi) is 5.58. The summed E-state index contributed by atoms with van der Waals surface area (Å²) in [5, 5.41) is 10.5. The zero-order valence-electron chi connectivity index (χ0n) is 18.5. The van der Waals surface area contributed by atoms with Gasteiger partial charge in [0.1, 0.15) is 0 Å². The predicted molar refractivity (Wildman–Crippen MR) is 127 cm³/mol. The Morgan fingerprint density at radius 3 is 2.53 bits per heavy atom. The van der Waals surface area contributed by atoms with Crippen LogP contribution in [-0.4, -0.2) is 33.6 Å². The number of thioether (sulfide) groups is 1. The van der Waals surface area contributed by atoms with Gasteiger partial charge in [-0.3, -0.25) is 24.6 Å². The molecule has 0 bridgehead atoms. The number of hydrogen-bond donors (Lipinski definition) is 0. The summed E-state index contributed by atoms with van der Waals surface area (Å²) in [5.74, 6) is 0.0455. The van der Waals surface area contributed by atoms with Gasteiger partial charge in [0.05, 0.1) is 16.4 Å². The van der Waals surface area contributed by atoms with Crippen LogP contribution in [0.3, 0.4) is 0 Å². The van der Waals surface area contributed by atoms with E-state index in [9.17, 15) is 19.7 Å². The summed E-state index contributed by atoms with van der Waals surface area (Å²) in [6.45, 7) is 6.78. The minimum atomic E-state index is -0.481.